The van der Waals surface area contributed by atoms with E-state index in [4.69, 9.17) is 8.83 Å². The summed E-state index contributed by atoms with van der Waals surface area (Å²) in [6, 6.07) is 13.8. The minimum atomic E-state index is -3.83. The maximum Gasteiger partial charge on any atom is 0.336 e. The van der Waals surface area contributed by atoms with Gasteiger partial charge in [0.25, 0.3) is 10.0 Å². The van der Waals surface area contributed by atoms with E-state index in [-0.39, 0.29) is 4.90 Å². The number of nitrogens with zero attached hydrogens (tertiary/aromatic N) is 1. The van der Waals surface area contributed by atoms with Gasteiger partial charge in [0.15, 0.2) is 0 Å². The first-order valence-corrected chi connectivity index (χ1v) is 9.49. The molecule has 27 heavy (non-hydrogen) atoms. The molecule has 0 aliphatic carbocycles. The molecule has 2 heterocycles. The minimum absolute atomic E-state index is 0.0567. The maximum atomic E-state index is 12.7. The van der Waals surface area contributed by atoms with Crippen LogP contribution in [0.1, 0.15) is 5.76 Å². The Morgan fingerprint density at radius 2 is 1.85 bits per heavy atom. The van der Waals surface area contributed by atoms with Gasteiger partial charge in [0.1, 0.15) is 11.3 Å². The number of oxazole rings is 1. The van der Waals surface area contributed by atoms with E-state index in [1.54, 1.807) is 37.4 Å². The molecule has 4 rings (SSSR count). The second-order valence-corrected chi connectivity index (χ2v) is 7.60. The van der Waals surface area contributed by atoms with Crippen molar-refractivity contribution in [2.24, 2.45) is 0 Å². The van der Waals surface area contributed by atoms with E-state index in [2.05, 4.69) is 9.71 Å². The molecule has 0 fully saturated rings. The smallest absolute Gasteiger partial charge is 0.336 e. The van der Waals surface area contributed by atoms with E-state index in [9.17, 15) is 13.2 Å². The third kappa shape index (κ3) is 3.47. The van der Waals surface area contributed by atoms with Crippen LogP contribution in [0.15, 0.2) is 79.3 Å². The molecule has 4 aromatic rings. The van der Waals surface area contributed by atoms with Gasteiger partial charge in [-0.3, -0.25) is 4.72 Å². The van der Waals surface area contributed by atoms with E-state index in [0.29, 0.717) is 33.9 Å². The Kier molecular flexibility index (Phi) is 4.04. The predicted molar refractivity (Wildman–Crippen MR) is 100.0 cm³/mol. The summed E-state index contributed by atoms with van der Waals surface area (Å²) in [6.45, 7) is 1.78. The van der Waals surface area contributed by atoms with Crippen LogP contribution in [0.4, 0.5) is 5.69 Å². The third-order valence-electron chi connectivity index (χ3n) is 3.88. The Morgan fingerprint density at radius 3 is 2.63 bits per heavy atom. The molecule has 2 aromatic heterocycles. The first kappa shape index (κ1) is 17.0. The lowest BCUT2D eigenvalue weighted by molar-refractivity contribution is 0.542. The second-order valence-electron chi connectivity index (χ2n) is 5.92. The highest BCUT2D eigenvalue weighted by Gasteiger charge is 2.16. The molecule has 136 valence electrons. The fourth-order valence-electron chi connectivity index (χ4n) is 2.64. The van der Waals surface area contributed by atoms with Crippen molar-refractivity contribution in [1.29, 1.82) is 0 Å². The first-order chi connectivity index (χ1) is 12.9. The summed E-state index contributed by atoms with van der Waals surface area (Å²) in [6.07, 6.45) is 1.60. The topological polar surface area (TPSA) is 102 Å². The van der Waals surface area contributed by atoms with Gasteiger partial charge in [0.2, 0.25) is 5.89 Å². The number of hydrogen-bond donors (Lipinski definition) is 1. The molecule has 0 saturated heterocycles. The Balaban J connectivity index is 1.67. The van der Waals surface area contributed by atoms with Crippen molar-refractivity contribution < 1.29 is 17.3 Å². The van der Waals surface area contributed by atoms with E-state index < -0.39 is 15.6 Å². The zero-order valence-electron chi connectivity index (χ0n) is 14.2. The number of benzene rings is 2. The molecule has 0 unspecified atom stereocenters. The highest BCUT2D eigenvalue weighted by atomic mass is 32.2. The van der Waals surface area contributed by atoms with Crippen molar-refractivity contribution in [3.05, 3.63) is 77.0 Å². The van der Waals surface area contributed by atoms with Gasteiger partial charge in [0.05, 0.1) is 11.1 Å². The molecule has 7 nitrogen and oxygen atoms in total. The number of nitrogens with one attached hydrogen (secondary N) is 1. The number of anilines is 1. The van der Waals surface area contributed by atoms with Crippen LogP contribution in [0.25, 0.3) is 22.4 Å². The Hall–Kier alpha value is -3.39. The summed E-state index contributed by atoms with van der Waals surface area (Å²) in [5.41, 5.74) is 0.865. The number of hydrogen-bond acceptors (Lipinski definition) is 6. The summed E-state index contributed by atoms with van der Waals surface area (Å²) in [4.78, 5) is 15.4. The van der Waals surface area contributed by atoms with Gasteiger partial charge < -0.3 is 8.83 Å². The lowest BCUT2D eigenvalue weighted by atomic mass is 10.2. The average molecular weight is 382 g/mol. The Bertz CT molecular complexity index is 1300. The van der Waals surface area contributed by atoms with Gasteiger partial charge in [-0.1, -0.05) is 6.07 Å². The van der Waals surface area contributed by atoms with Crippen LogP contribution in [0, 0.1) is 6.92 Å². The molecule has 0 aliphatic rings. The van der Waals surface area contributed by atoms with E-state index in [0.717, 1.165) is 0 Å². The molecule has 0 bridgehead atoms. The zero-order chi connectivity index (χ0) is 19.0. The Labute approximate surface area is 154 Å². The van der Waals surface area contributed by atoms with Crippen molar-refractivity contribution in [3.63, 3.8) is 0 Å². The largest absolute Gasteiger partial charge is 0.441 e. The van der Waals surface area contributed by atoms with Crippen LogP contribution in [0.3, 0.4) is 0 Å². The molecule has 0 aliphatic heterocycles. The number of aromatic nitrogens is 1. The van der Waals surface area contributed by atoms with Crippen molar-refractivity contribution in [2.75, 3.05) is 4.72 Å². The van der Waals surface area contributed by atoms with Crippen LogP contribution in [-0.4, -0.2) is 13.4 Å². The van der Waals surface area contributed by atoms with Gasteiger partial charge in [0, 0.05) is 22.7 Å². The van der Waals surface area contributed by atoms with Gasteiger partial charge in [-0.2, -0.15) is 0 Å². The lowest BCUT2D eigenvalue weighted by Gasteiger charge is -2.09. The number of sulfonamides is 1. The van der Waals surface area contributed by atoms with Crippen molar-refractivity contribution >= 4 is 26.7 Å². The fourth-order valence-corrected chi connectivity index (χ4v) is 3.72. The standard InChI is InChI=1S/C19H14N2O5S/c1-12-11-20-19(25-12)14-3-2-4-15(9-14)21-27(23,24)16-6-7-17-13(10-16)5-8-18(22)26-17/h2-11,21H,1H3. The van der Waals surface area contributed by atoms with Gasteiger partial charge >= 0.3 is 5.63 Å². The van der Waals surface area contributed by atoms with E-state index in [1.807, 2.05) is 0 Å². The van der Waals surface area contributed by atoms with Crippen LogP contribution in [-0.2, 0) is 10.0 Å². The highest BCUT2D eigenvalue weighted by molar-refractivity contribution is 7.92. The number of rotatable bonds is 4. The van der Waals surface area contributed by atoms with Gasteiger partial charge in [-0.05, 0) is 49.4 Å². The molecule has 0 atom stereocenters. The summed E-state index contributed by atoms with van der Waals surface area (Å²) in [5.74, 6) is 1.08. The number of aryl methyl sites for hydroxylation is 1. The molecular weight excluding hydrogens is 368 g/mol. The van der Waals surface area contributed by atoms with Crippen LogP contribution in [0.2, 0.25) is 0 Å². The summed E-state index contributed by atoms with van der Waals surface area (Å²) < 4.78 is 38.5. The molecule has 2 aromatic carbocycles. The minimum Gasteiger partial charge on any atom is -0.441 e. The summed E-state index contributed by atoms with van der Waals surface area (Å²) >= 11 is 0. The van der Waals surface area contributed by atoms with Crippen molar-refractivity contribution in [1.82, 2.24) is 4.98 Å². The van der Waals surface area contributed by atoms with E-state index >= 15 is 0 Å². The van der Waals surface area contributed by atoms with Crippen LogP contribution >= 0.6 is 0 Å². The first-order valence-electron chi connectivity index (χ1n) is 8.00. The second kappa shape index (κ2) is 6.40. The quantitative estimate of drug-likeness (QED) is 0.542. The van der Waals surface area contributed by atoms with Crippen LogP contribution < -0.4 is 10.3 Å². The van der Waals surface area contributed by atoms with Crippen molar-refractivity contribution in [2.45, 2.75) is 11.8 Å². The van der Waals surface area contributed by atoms with Crippen molar-refractivity contribution in [3.8, 4) is 11.5 Å². The maximum absolute atomic E-state index is 12.7. The molecule has 0 radical (unpaired) electrons. The third-order valence-corrected chi connectivity index (χ3v) is 5.26. The fraction of sp³-hybridized carbons (Fsp3) is 0.0526. The van der Waals surface area contributed by atoms with E-state index in [1.165, 1.54) is 30.3 Å². The molecule has 0 saturated carbocycles. The summed E-state index contributed by atoms with van der Waals surface area (Å²) in [7, 11) is -3.83. The SMILES string of the molecule is Cc1cnc(-c2cccc(NS(=O)(=O)c3ccc4oc(=O)ccc4c3)c2)o1. The van der Waals surface area contributed by atoms with Crippen LogP contribution in [0.5, 0.6) is 0 Å². The monoisotopic (exact) mass is 382 g/mol. The molecule has 8 heteroatoms. The molecule has 0 spiro atoms. The Morgan fingerprint density at radius 1 is 1.00 bits per heavy atom. The predicted octanol–water partition coefficient (Wildman–Crippen LogP) is 3.56. The van der Waals surface area contributed by atoms with Gasteiger partial charge in [-0.25, -0.2) is 18.2 Å². The zero-order valence-corrected chi connectivity index (χ0v) is 15.0. The molecule has 0 amide bonds. The lowest BCUT2D eigenvalue weighted by Crippen LogP contribution is -2.13. The highest BCUT2D eigenvalue weighted by Crippen LogP contribution is 2.25. The normalized spacial score (nSPS) is 11.6. The summed E-state index contributed by atoms with van der Waals surface area (Å²) in [5, 5.41) is 0.515. The molecule has 1 N–H and O–H groups in total. The molecular formula is C19H14N2O5S. The average Bonchev–Trinajstić information content (AvgIpc) is 3.07. The van der Waals surface area contributed by atoms with Gasteiger partial charge in [-0.15, -0.1) is 0 Å². The number of fused-ring (bicyclic) bond motifs is 1.